The molecule has 0 nitrogen and oxygen atoms in total. The number of aryl methyl sites for hydroxylation is 2. The third-order valence-electron chi connectivity index (χ3n) is 6.01. The van der Waals surface area contributed by atoms with Crippen molar-refractivity contribution in [2.24, 2.45) is 0 Å². The van der Waals surface area contributed by atoms with Crippen LogP contribution in [-0.2, 0) is 21.3 Å². The second-order valence-corrected chi connectivity index (χ2v) is 14.2. The van der Waals surface area contributed by atoms with E-state index in [1.54, 1.807) is 15.3 Å². The van der Waals surface area contributed by atoms with Crippen LogP contribution in [0.2, 0.25) is 0 Å². The zero-order valence-electron chi connectivity index (χ0n) is 18.2. The average molecular weight is 517 g/mol. The van der Waals surface area contributed by atoms with E-state index in [4.69, 9.17) is 0 Å². The first kappa shape index (κ1) is 25.0. The molecule has 0 N–H and O–H groups in total. The molecule has 0 amide bonds. The molecular formula is C27H30Cl2Zr. The SMILES string of the molecule is CC1=C(C)C[C]([Zr]([C]2=CC=CC2)=[C](c2ccccc2C)c2ccccc2C)=C1.Cl.Cl. The van der Waals surface area contributed by atoms with Crippen molar-refractivity contribution in [3.63, 3.8) is 0 Å². The van der Waals surface area contributed by atoms with E-state index >= 15 is 0 Å². The molecule has 2 aliphatic rings. The Morgan fingerprint density at radius 1 is 0.767 bits per heavy atom. The number of rotatable bonds is 4. The van der Waals surface area contributed by atoms with E-state index in [9.17, 15) is 0 Å². The number of hydrogen-bond donors (Lipinski definition) is 0. The van der Waals surface area contributed by atoms with Crippen molar-refractivity contribution in [1.82, 2.24) is 0 Å². The van der Waals surface area contributed by atoms with Crippen LogP contribution in [0.5, 0.6) is 0 Å². The summed E-state index contributed by atoms with van der Waals surface area (Å²) in [5, 5.41) is 0. The van der Waals surface area contributed by atoms with Crippen LogP contribution < -0.4 is 0 Å². The molecular weight excluding hydrogens is 486 g/mol. The van der Waals surface area contributed by atoms with Gasteiger partial charge in [0.2, 0.25) is 0 Å². The van der Waals surface area contributed by atoms with E-state index < -0.39 is 21.3 Å². The van der Waals surface area contributed by atoms with E-state index in [1.165, 1.54) is 34.2 Å². The maximum atomic E-state index is 2.53. The molecule has 0 saturated heterocycles. The fraction of sp³-hybridized carbons (Fsp3) is 0.222. The smallest absolute Gasteiger partial charge is 0.147 e. The second-order valence-electron chi connectivity index (χ2n) is 8.01. The van der Waals surface area contributed by atoms with Crippen molar-refractivity contribution >= 4 is 28.0 Å². The van der Waals surface area contributed by atoms with E-state index in [0.717, 1.165) is 6.42 Å². The Balaban J connectivity index is 0.00000160. The molecule has 0 fully saturated rings. The first-order valence-electron chi connectivity index (χ1n) is 10.2. The van der Waals surface area contributed by atoms with Crippen LogP contribution in [0.15, 0.2) is 90.5 Å². The third kappa shape index (κ3) is 4.96. The molecule has 0 aromatic heterocycles. The number of hydrogen-bond acceptors (Lipinski definition) is 0. The molecule has 3 heteroatoms. The molecule has 2 aromatic carbocycles. The summed E-state index contributed by atoms with van der Waals surface area (Å²) in [4.78, 5) is 0. The summed E-state index contributed by atoms with van der Waals surface area (Å²) >= 11 is -2.27. The van der Waals surface area contributed by atoms with Gasteiger partial charge in [0.15, 0.2) is 0 Å². The van der Waals surface area contributed by atoms with Crippen LogP contribution in [0, 0.1) is 13.8 Å². The molecule has 0 saturated carbocycles. The minimum atomic E-state index is -2.27. The summed E-state index contributed by atoms with van der Waals surface area (Å²) in [7, 11) is 0. The Labute approximate surface area is 201 Å². The topological polar surface area (TPSA) is 0 Å². The van der Waals surface area contributed by atoms with E-state index in [0.29, 0.717) is 0 Å². The summed E-state index contributed by atoms with van der Waals surface area (Å²) in [6.45, 7) is 9.13. The number of halogens is 2. The minimum absolute atomic E-state index is 0. The average Bonchev–Trinajstić information content (AvgIpc) is 3.32. The fourth-order valence-electron chi connectivity index (χ4n) is 4.30. The summed E-state index contributed by atoms with van der Waals surface area (Å²) in [5.41, 5.74) is 8.74. The molecule has 0 unspecified atom stereocenters. The van der Waals surface area contributed by atoms with Crippen molar-refractivity contribution in [3.8, 4) is 0 Å². The zero-order valence-corrected chi connectivity index (χ0v) is 22.2. The van der Waals surface area contributed by atoms with Gasteiger partial charge in [-0.05, 0) is 0 Å². The van der Waals surface area contributed by atoms with Gasteiger partial charge in [0.05, 0.1) is 0 Å². The van der Waals surface area contributed by atoms with Crippen molar-refractivity contribution in [3.05, 3.63) is 113 Å². The van der Waals surface area contributed by atoms with E-state index in [2.05, 4.69) is 101 Å². The monoisotopic (exact) mass is 514 g/mol. The molecule has 0 aliphatic heterocycles. The Kier molecular flexibility index (Phi) is 9.04. The summed E-state index contributed by atoms with van der Waals surface area (Å²) in [6, 6.07) is 18.0. The predicted octanol–water partition coefficient (Wildman–Crippen LogP) is 7.80. The Hall–Kier alpha value is -1.27. The quantitative estimate of drug-likeness (QED) is 0.389. The molecule has 156 valence electrons. The van der Waals surface area contributed by atoms with Crippen LogP contribution in [0.3, 0.4) is 0 Å². The van der Waals surface area contributed by atoms with Gasteiger partial charge in [-0.1, -0.05) is 0 Å². The van der Waals surface area contributed by atoms with Gasteiger partial charge in [-0.3, -0.25) is 0 Å². The first-order valence-corrected chi connectivity index (χ1v) is 13.8. The Bertz CT molecular complexity index is 1050. The van der Waals surface area contributed by atoms with Crippen molar-refractivity contribution < 1.29 is 21.3 Å². The molecule has 2 aromatic rings. The van der Waals surface area contributed by atoms with Crippen LogP contribution in [0.1, 0.15) is 48.9 Å². The third-order valence-corrected chi connectivity index (χ3v) is 13.4. The van der Waals surface area contributed by atoms with Gasteiger partial charge in [-0.25, -0.2) is 0 Å². The van der Waals surface area contributed by atoms with Crippen LogP contribution >= 0.6 is 24.8 Å². The van der Waals surface area contributed by atoms with Gasteiger partial charge in [-0.15, -0.1) is 24.8 Å². The predicted molar refractivity (Wildman–Crippen MR) is 133 cm³/mol. The van der Waals surface area contributed by atoms with Gasteiger partial charge in [0.1, 0.15) is 0 Å². The van der Waals surface area contributed by atoms with Gasteiger partial charge >= 0.3 is 178 Å². The summed E-state index contributed by atoms with van der Waals surface area (Å²) < 4.78 is 5.09. The summed E-state index contributed by atoms with van der Waals surface area (Å²) in [6.07, 6.45) is 11.9. The standard InChI is InChI=1S/C15H14.C7H9.C5H5.2ClH.Zr/c1-12-7-3-5-9-14(12)11-15-10-6-4-8-13(15)2;1-6-4-3-5-7(6)2;1-2-4-5-3-1;;;/h3-10H,1-2H3;4H,5H2,1-2H3;1-3H,4H2;2*1H;. The Morgan fingerprint density at radius 3 is 1.77 bits per heavy atom. The summed E-state index contributed by atoms with van der Waals surface area (Å²) in [5.74, 6) is 0. The Morgan fingerprint density at radius 2 is 1.33 bits per heavy atom. The zero-order chi connectivity index (χ0) is 19.7. The fourth-order valence-corrected chi connectivity index (χ4v) is 13.0. The van der Waals surface area contributed by atoms with Gasteiger partial charge in [-0.2, -0.15) is 0 Å². The molecule has 2 aliphatic carbocycles. The van der Waals surface area contributed by atoms with Crippen LogP contribution in [0.4, 0.5) is 0 Å². The van der Waals surface area contributed by atoms with Crippen LogP contribution in [0.25, 0.3) is 0 Å². The van der Waals surface area contributed by atoms with E-state index in [1.807, 2.05) is 0 Å². The molecule has 4 rings (SSSR count). The number of benzene rings is 2. The van der Waals surface area contributed by atoms with Crippen molar-refractivity contribution in [2.45, 2.75) is 40.5 Å². The molecule has 0 bridgehead atoms. The molecule has 30 heavy (non-hydrogen) atoms. The molecule has 0 radical (unpaired) electrons. The van der Waals surface area contributed by atoms with Gasteiger partial charge in [0.25, 0.3) is 0 Å². The maximum absolute atomic E-state index is 2.53. The van der Waals surface area contributed by atoms with Crippen molar-refractivity contribution in [1.29, 1.82) is 0 Å². The largest absolute Gasteiger partial charge is 0.147 e. The minimum Gasteiger partial charge on any atom is -0.147 e. The van der Waals surface area contributed by atoms with Crippen molar-refractivity contribution in [2.75, 3.05) is 0 Å². The number of allylic oxidation sites excluding steroid dienone is 8. The van der Waals surface area contributed by atoms with E-state index in [-0.39, 0.29) is 24.8 Å². The second kappa shape index (κ2) is 10.9. The van der Waals surface area contributed by atoms with Gasteiger partial charge in [0, 0.05) is 0 Å². The normalized spacial score (nSPS) is 14.7. The van der Waals surface area contributed by atoms with Crippen LogP contribution in [-0.4, -0.2) is 3.21 Å². The maximum Gasteiger partial charge on any atom is -0.147 e. The first-order chi connectivity index (χ1) is 13.6. The van der Waals surface area contributed by atoms with Gasteiger partial charge < -0.3 is 0 Å². The molecule has 0 heterocycles. The molecule has 0 spiro atoms. The molecule has 0 atom stereocenters.